The Bertz CT molecular complexity index is 471. The monoisotopic (exact) mass is 218 g/mol. The first kappa shape index (κ1) is 9.98. The van der Waals surface area contributed by atoms with Crippen LogP contribution >= 0.6 is 11.5 Å². The molecule has 0 spiro atoms. The van der Waals surface area contributed by atoms with Crippen LogP contribution < -0.4 is 0 Å². The first-order chi connectivity index (χ1) is 7.16. The van der Waals surface area contributed by atoms with Gasteiger partial charge in [0, 0.05) is 11.1 Å². The lowest BCUT2D eigenvalue weighted by Crippen LogP contribution is -2.05. The van der Waals surface area contributed by atoms with Gasteiger partial charge in [0.2, 0.25) is 5.78 Å². The van der Waals surface area contributed by atoms with Crippen LogP contribution in [0, 0.1) is 13.8 Å². The number of carbonyl (C=O) groups is 1. The predicted molar refractivity (Wildman–Crippen MR) is 59.3 cm³/mol. The molecule has 2 aromatic rings. The highest BCUT2D eigenvalue weighted by Gasteiger charge is 2.12. The summed E-state index contributed by atoms with van der Waals surface area (Å²) in [4.78, 5) is 16.1. The average molecular weight is 218 g/mol. The van der Waals surface area contributed by atoms with Crippen molar-refractivity contribution in [2.45, 2.75) is 13.8 Å². The van der Waals surface area contributed by atoms with Gasteiger partial charge in [-0.05, 0) is 49.1 Å². The van der Waals surface area contributed by atoms with Crippen LogP contribution in [-0.2, 0) is 0 Å². The molecule has 4 heteroatoms. The van der Waals surface area contributed by atoms with Crippen molar-refractivity contribution < 1.29 is 4.79 Å². The molecule has 2 aromatic heterocycles. The Kier molecular flexibility index (Phi) is 2.60. The predicted octanol–water partition coefficient (Wildman–Crippen LogP) is 2.39. The van der Waals surface area contributed by atoms with E-state index in [-0.39, 0.29) is 5.78 Å². The van der Waals surface area contributed by atoms with Crippen LogP contribution in [-0.4, -0.2) is 15.1 Å². The molecule has 0 saturated heterocycles. The molecule has 3 nitrogen and oxygen atoms in total. The van der Waals surface area contributed by atoms with Gasteiger partial charge < -0.3 is 0 Å². The Morgan fingerprint density at radius 2 is 2.07 bits per heavy atom. The van der Waals surface area contributed by atoms with Gasteiger partial charge in [-0.3, -0.25) is 4.79 Å². The van der Waals surface area contributed by atoms with Gasteiger partial charge in [0.25, 0.3) is 0 Å². The van der Waals surface area contributed by atoms with Gasteiger partial charge in [-0.15, -0.1) is 0 Å². The van der Waals surface area contributed by atoms with Crippen molar-refractivity contribution in [3.05, 3.63) is 46.2 Å². The third kappa shape index (κ3) is 2.10. The van der Waals surface area contributed by atoms with Gasteiger partial charge in [-0.1, -0.05) is 0 Å². The fourth-order valence-electron chi connectivity index (χ4n) is 1.42. The minimum Gasteiger partial charge on any atom is -0.285 e. The Morgan fingerprint density at radius 1 is 1.27 bits per heavy atom. The maximum atomic E-state index is 11.9. The fourth-order valence-corrected chi connectivity index (χ4v) is 1.93. The van der Waals surface area contributed by atoms with Crippen molar-refractivity contribution in [1.82, 2.24) is 9.36 Å². The quantitative estimate of drug-likeness (QED) is 0.727. The van der Waals surface area contributed by atoms with E-state index in [1.165, 1.54) is 11.5 Å². The number of rotatable bonds is 2. The van der Waals surface area contributed by atoms with Gasteiger partial charge in [0.05, 0.1) is 0 Å². The first-order valence-electron chi connectivity index (χ1n) is 4.57. The molecule has 0 aliphatic carbocycles. The summed E-state index contributed by atoms with van der Waals surface area (Å²) in [5.41, 5.74) is 2.84. The topological polar surface area (TPSA) is 42.9 Å². The average Bonchev–Trinajstić information content (AvgIpc) is 2.67. The largest absolute Gasteiger partial charge is 0.285 e. The fraction of sp³-hybridized carbons (Fsp3) is 0.182. The van der Waals surface area contributed by atoms with Crippen molar-refractivity contribution in [2.24, 2.45) is 0 Å². The molecule has 2 heterocycles. The van der Waals surface area contributed by atoms with E-state index in [2.05, 4.69) is 9.36 Å². The zero-order chi connectivity index (χ0) is 10.8. The molecule has 0 bridgehead atoms. The first-order valence-corrected chi connectivity index (χ1v) is 5.41. The molecule has 0 aliphatic heterocycles. The molecule has 0 amide bonds. The molecule has 76 valence electrons. The number of hydrogen-bond acceptors (Lipinski definition) is 4. The normalized spacial score (nSPS) is 10.3. The summed E-state index contributed by atoms with van der Waals surface area (Å²) in [6.45, 7) is 3.83. The third-order valence-electron chi connectivity index (χ3n) is 2.00. The Morgan fingerprint density at radius 3 is 2.67 bits per heavy atom. The van der Waals surface area contributed by atoms with E-state index in [0.717, 1.165) is 11.3 Å². The van der Waals surface area contributed by atoms with Crippen LogP contribution in [0.25, 0.3) is 0 Å². The van der Waals surface area contributed by atoms with Gasteiger partial charge in [0.1, 0.15) is 11.4 Å². The summed E-state index contributed by atoms with van der Waals surface area (Å²) in [6.07, 6.45) is 0. The van der Waals surface area contributed by atoms with Crippen LogP contribution in [0.1, 0.15) is 27.4 Å². The van der Waals surface area contributed by atoms with Crippen LogP contribution in [0.4, 0.5) is 0 Å². The molecule has 0 unspecified atom stereocenters. The highest BCUT2D eigenvalue weighted by Crippen LogP contribution is 2.10. The molecule has 0 radical (unpaired) electrons. The molecule has 2 rings (SSSR count). The van der Waals surface area contributed by atoms with E-state index in [9.17, 15) is 4.79 Å². The lowest BCUT2D eigenvalue weighted by molar-refractivity contribution is 0.103. The minimum absolute atomic E-state index is 0.108. The number of pyridine rings is 1. The van der Waals surface area contributed by atoms with Gasteiger partial charge in [0.15, 0.2) is 0 Å². The van der Waals surface area contributed by atoms with E-state index in [0.29, 0.717) is 11.4 Å². The summed E-state index contributed by atoms with van der Waals surface area (Å²) in [6, 6.07) is 5.44. The van der Waals surface area contributed by atoms with Crippen LogP contribution in [0.5, 0.6) is 0 Å². The Labute approximate surface area is 92.0 Å². The van der Waals surface area contributed by atoms with Crippen LogP contribution in [0.3, 0.4) is 0 Å². The zero-order valence-electron chi connectivity index (χ0n) is 8.52. The number of ketones is 1. The highest BCUT2D eigenvalue weighted by molar-refractivity contribution is 7.03. The molecule has 0 atom stereocenters. The smallest absolute Gasteiger partial charge is 0.230 e. The second kappa shape index (κ2) is 3.90. The van der Waals surface area contributed by atoms with E-state index in [4.69, 9.17) is 0 Å². The molecule has 15 heavy (non-hydrogen) atoms. The second-order valence-electron chi connectivity index (χ2n) is 3.38. The Hall–Kier alpha value is -1.55. The SMILES string of the molecule is Cc1cc(C)nc(C(=O)c2ccsn2)c1. The van der Waals surface area contributed by atoms with E-state index in [1.54, 1.807) is 17.5 Å². The molecule has 0 aromatic carbocycles. The number of carbonyl (C=O) groups excluding carboxylic acids is 1. The number of aryl methyl sites for hydroxylation is 2. The van der Waals surface area contributed by atoms with Crippen LogP contribution in [0.2, 0.25) is 0 Å². The molecule has 0 saturated carbocycles. The minimum atomic E-state index is -0.108. The van der Waals surface area contributed by atoms with E-state index in [1.807, 2.05) is 19.9 Å². The maximum Gasteiger partial charge on any atom is 0.230 e. The Balaban J connectivity index is 2.42. The highest BCUT2D eigenvalue weighted by atomic mass is 32.1. The van der Waals surface area contributed by atoms with Crippen molar-refractivity contribution in [2.75, 3.05) is 0 Å². The molecule has 0 fully saturated rings. The van der Waals surface area contributed by atoms with Gasteiger partial charge in [-0.2, -0.15) is 4.37 Å². The number of aromatic nitrogens is 2. The number of nitrogens with zero attached hydrogens (tertiary/aromatic N) is 2. The lowest BCUT2D eigenvalue weighted by atomic mass is 10.1. The van der Waals surface area contributed by atoms with E-state index < -0.39 is 0 Å². The second-order valence-corrected chi connectivity index (χ2v) is 4.05. The summed E-state index contributed by atoms with van der Waals surface area (Å²) in [5, 5.41) is 1.79. The third-order valence-corrected chi connectivity index (χ3v) is 2.56. The van der Waals surface area contributed by atoms with Crippen molar-refractivity contribution in [1.29, 1.82) is 0 Å². The van der Waals surface area contributed by atoms with Crippen LogP contribution in [0.15, 0.2) is 23.6 Å². The summed E-state index contributed by atoms with van der Waals surface area (Å²) in [5.74, 6) is -0.108. The van der Waals surface area contributed by atoms with E-state index >= 15 is 0 Å². The molecule has 0 N–H and O–H groups in total. The number of hydrogen-bond donors (Lipinski definition) is 0. The molecular formula is C11H10N2OS. The zero-order valence-corrected chi connectivity index (χ0v) is 9.34. The van der Waals surface area contributed by atoms with Crippen molar-refractivity contribution in [3.8, 4) is 0 Å². The van der Waals surface area contributed by atoms with Gasteiger partial charge in [-0.25, -0.2) is 4.98 Å². The van der Waals surface area contributed by atoms with Crippen molar-refractivity contribution in [3.63, 3.8) is 0 Å². The lowest BCUT2D eigenvalue weighted by Gasteiger charge is -2.00. The summed E-state index contributed by atoms with van der Waals surface area (Å²) < 4.78 is 4.00. The van der Waals surface area contributed by atoms with Gasteiger partial charge >= 0.3 is 0 Å². The summed E-state index contributed by atoms with van der Waals surface area (Å²) >= 11 is 1.27. The van der Waals surface area contributed by atoms with Crippen molar-refractivity contribution >= 4 is 17.3 Å². The standard InChI is InChI=1S/C11H10N2OS/c1-7-5-8(2)12-10(6-7)11(14)9-3-4-15-13-9/h3-6H,1-2H3. The maximum absolute atomic E-state index is 11.9. The summed E-state index contributed by atoms with van der Waals surface area (Å²) in [7, 11) is 0. The molecular weight excluding hydrogens is 208 g/mol. The molecule has 0 aliphatic rings.